The number of oxazole rings is 1. The minimum Gasteiger partial charge on any atom is -0.440 e. The molecule has 2 aliphatic rings. The van der Waals surface area contributed by atoms with Gasteiger partial charge in [0.25, 0.3) is 0 Å². The quantitative estimate of drug-likeness (QED) is 0.837. The van der Waals surface area contributed by atoms with Crippen LogP contribution >= 0.6 is 0 Å². The summed E-state index contributed by atoms with van der Waals surface area (Å²) < 4.78 is 5.69. The van der Waals surface area contributed by atoms with E-state index in [9.17, 15) is 5.11 Å². The van der Waals surface area contributed by atoms with E-state index in [1.165, 1.54) is 12.8 Å². The predicted molar refractivity (Wildman–Crippen MR) is 59.1 cm³/mol. The molecule has 1 aromatic carbocycles. The summed E-state index contributed by atoms with van der Waals surface area (Å²) in [6.07, 6.45) is 4.13. The molecule has 0 saturated heterocycles. The fraction of sp³-hybridized carbons (Fsp3) is 0.462. The van der Waals surface area contributed by atoms with Gasteiger partial charge in [0, 0.05) is 5.92 Å². The SMILES string of the molecule is OC1(c2ccc3oc(C4CC4)nc3c2)CC1. The van der Waals surface area contributed by atoms with Crippen LogP contribution in [0, 0.1) is 0 Å². The molecule has 0 atom stereocenters. The molecule has 2 saturated carbocycles. The summed E-state index contributed by atoms with van der Waals surface area (Å²) in [6.45, 7) is 0. The van der Waals surface area contributed by atoms with E-state index < -0.39 is 5.60 Å². The van der Waals surface area contributed by atoms with E-state index in [4.69, 9.17) is 4.42 Å². The molecule has 4 rings (SSSR count). The van der Waals surface area contributed by atoms with E-state index in [2.05, 4.69) is 4.98 Å². The largest absolute Gasteiger partial charge is 0.440 e. The normalized spacial score (nSPS) is 22.6. The Morgan fingerprint density at radius 3 is 2.81 bits per heavy atom. The van der Waals surface area contributed by atoms with Crippen LogP contribution < -0.4 is 0 Å². The lowest BCUT2D eigenvalue weighted by atomic mass is 10.1. The molecule has 1 aromatic heterocycles. The Morgan fingerprint density at radius 1 is 1.31 bits per heavy atom. The molecule has 3 nitrogen and oxygen atoms in total. The lowest BCUT2D eigenvalue weighted by molar-refractivity contribution is 0.151. The zero-order chi connectivity index (χ0) is 10.8. The highest BCUT2D eigenvalue weighted by Gasteiger charge is 2.42. The second-order valence-corrected chi connectivity index (χ2v) is 5.04. The molecule has 16 heavy (non-hydrogen) atoms. The van der Waals surface area contributed by atoms with Crippen molar-refractivity contribution in [3.63, 3.8) is 0 Å². The third-order valence-corrected chi connectivity index (χ3v) is 3.59. The van der Waals surface area contributed by atoms with Gasteiger partial charge in [-0.25, -0.2) is 4.98 Å². The molecule has 2 aliphatic carbocycles. The Kier molecular flexibility index (Phi) is 1.46. The van der Waals surface area contributed by atoms with Gasteiger partial charge in [0.2, 0.25) is 0 Å². The molecule has 0 spiro atoms. The van der Waals surface area contributed by atoms with Crippen molar-refractivity contribution in [2.24, 2.45) is 0 Å². The van der Waals surface area contributed by atoms with Crippen LogP contribution in [0.2, 0.25) is 0 Å². The van der Waals surface area contributed by atoms with Gasteiger partial charge in [-0.1, -0.05) is 6.07 Å². The number of hydrogen-bond acceptors (Lipinski definition) is 3. The van der Waals surface area contributed by atoms with E-state index in [1.807, 2.05) is 18.2 Å². The van der Waals surface area contributed by atoms with E-state index >= 15 is 0 Å². The summed E-state index contributed by atoms with van der Waals surface area (Å²) in [4.78, 5) is 4.50. The van der Waals surface area contributed by atoms with Crippen molar-refractivity contribution in [2.45, 2.75) is 37.2 Å². The third kappa shape index (κ3) is 1.21. The van der Waals surface area contributed by atoms with Gasteiger partial charge >= 0.3 is 0 Å². The Bertz CT molecular complexity index is 564. The van der Waals surface area contributed by atoms with Crippen molar-refractivity contribution in [1.29, 1.82) is 0 Å². The Labute approximate surface area is 93.1 Å². The van der Waals surface area contributed by atoms with Crippen LogP contribution in [0.25, 0.3) is 11.1 Å². The first-order valence-electron chi connectivity index (χ1n) is 5.88. The molecule has 0 unspecified atom stereocenters. The molecule has 2 fully saturated rings. The van der Waals surface area contributed by atoms with Crippen LogP contribution in [0.3, 0.4) is 0 Å². The lowest BCUT2D eigenvalue weighted by Gasteiger charge is -2.06. The van der Waals surface area contributed by atoms with Gasteiger partial charge in [0.1, 0.15) is 5.52 Å². The molecule has 82 valence electrons. The van der Waals surface area contributed by atoms with Crippen LogP contribution in [0.1, 0.15) is 43.1 Å². The van der Waals surface area contributed by atoms with Crippen molar-refractivity contribution in [1.82, 2.24) is 4.98 Å². The maximum Gasteiger partial charge on any atom is 0.198 e. The van der Waals surface area contributed by atoms with Crippen molar-refractivity contribution in [2.75, 3.05) is 0 Å². The predicted octanol–water partition coefficient (Wildman–Crippen LogP) is 2.69. The van der Waals surface area contributed by atoms with Gasteiger partial charge in [-0.05, 0) is 43.4 Å². The number of hydrogen-bond donors (Lipinski definition) is 1. The van der Waals surface area contributed by atoms with Gasteiger partial charge in [0.05, 0.1) is 5.60 Å². The van der Waals surface area contributed by atoms with E-state index in [0.717, 1.165) is 35.4 Å². The number of aliphatic hydroxyl groups is 1. The molecule has 0 radical (unpaired) electrons. The van der Waals surface area contributed by atoms with Crippen molar-refractivity contribution in [3.8, 4) is 0 Å². The minimum absolute atomic E-state index is 0.542. The number of fused-ring (bicyclic) bond motifs is 1. The van der Waals surface area contributed by atoms with Gasteiger partial charge in [0.15, 0.2) is 11.5 Å². The zero-order valence-corrected chi connectivity index (χ0v) is 8.94. The smallest absolute Gasteiger partial charge is 0.198 e. The minimum atomic E-state index is -0.577. The molecular weight excluding hydrogens is 202 g/mol. The highest BCUT2D eigenvalue weighted by atomic mass is 16.3. The number of aromatic nitrogens is 1. The number of rotatable bonds is 2. The second kappa shape index (κ2) is 2.66. The van der Waals surface area contributed by atoms with Gasteiger partial charge in [-0.3, -0.25) is 0 Å². The molecule has 1 heterocycles. The van der Waals surface area contributed by atoms with Crippen LogP contribution in [0.4, 0.5) is 0 Å². The molecule has 0 amide bonds. The van der Waals surface area contributed by atoms with Gasteiger partial charge < -0.3 is 9.52 Å². The van der Waals surface area contributed by atoms with E-state index in [0.29, 0.717) is 5.92 Å². The molecular formula is C13H13NO2. The van der Waals surface area contributed by atoms with Crippen molar-refractivity contribution in [3.05, 3.63) is 29.7 Å². The first-order chi connectivity index (χ1) is 7.74. The summed E-state index contributed by atoms with van der Waals surface area (Å²) in [5.74, 6) is 1.41. The summed E-state index contributed by atoms with van der Waals surface area (Å²) in [6, 6.07) is 5.86. The molecule has 2 aromatic rings. The standard InChI is InChI=1S/C13H13NO2/c15-13(5-6-13)9-3-4-11-10(7-9)14-12(16-11)8-1-2-8/h3-4,7-8,15H,1-2,5-6H2. The summed E-state index contributed by atoms with van der Waals surface area (Å²) >= 11 is 0. The number of benzene rings is 1. The Morgan fingerprint density at radius 2 is 2.12 bits per heavy atom. The van der Waals surface area contributed by atoms with Crippen LogP contribution in [0.15, 0.2) is 22.6 Å². The lowest BCUT2D eigenvalue weighted by Crippen LogP contribution is -2.03. The molecule has 1 N–H and O–H groups in total. The Balaban J connectivity index is 1.84. The molecule has 0 aliphatic heterocycles. The van der Waals surface area contributed by atoms with Crippen LogP contribution in [-0.4, -0.2) is 10.1 Å². The molecule has 3 heteroatoms. The Hall–Kier alpha value is -1.35. The maximum absolute atomic E-state index is 10.0. The number of nitrogens with zero attached hydrogens (tertiary/aromatic N) is 1. The maximum atomic E-state index is 10.0. The summed E-state index contributed by atoms with van der Waals surface area (Å²) in [5.41, 5.74) is 2.14. The summed E-state index contributed by atoms with van der Waals surface area (Å²) in [7, 11) is 0. The fourth-order valence-corrected chi connectivity index (χ4v) is 2.15. The first kappa shape index (κ1) is 8.76. The average Bonchev–Trinajstić information content (AvgIpc) is 3.19. The third-order valence-electron chi connectivity index (χ3n) is 3.59. The highest BCUT2D eigenvalue weighted by Crippen LogP contribution is 2.46. The summed E-state index contributed by atoms with van der Waals surface area (Å²) in [5, 5.41) is 10.0. The fourth-order valence-electron chi connectivity index (χ4n) is 2.15. The molecule has 0 bridgehead atoms. The van der Waals surface area contributed by atoms with E-state index in [-0.39, 0.29) is 0 Å². The topological polar surface area (TPSA) is 46.3 Å². The van der Waals surface area contributed by atoms with Gasteiger partial charge in [-0.15, -0.1) is 0 Å². The van der Waals surface area contributed by atoms with Crippen LogP contribution in [0.5, 0.6) is 0 Å². The van der Waals surface area contributed by atoms with E-state index in [1.54, 1.807) is 0 Å². The van der Waals surface area contributed by atoms with Crippen LogP contribution in [-0.2, 0) is 5.60 Å². The monoisotopic (exact) mass is 215 g/mol. The average molecular weight is 215 g/mol. The zero-order valence-electron chi connectivity index (χ0n) is 8.94. The highest BCUT2D eigenvalue weighted by molar-refractivity contribution is 5.74. The first-order valence-corrected chi connectivity index (χ1v) is 5.88. The van der Waals surface area contributed by atoms with Gasteiger partial charge in [-0.2, -0.15) is 0 Å². The second-order valence-electron chi connectivity index (χ2n) is 5.04. The van der Waals surface area contributed by atoms with Crippen molar-refractivity contribution < 1.29 is 9.52 Å². The van der Waals surface area contributed by atoms with Crippen molar-refractivity contribution >= 4 is 11.1 Å².